The van der Waals surface area contributed by atoms with Gasteiger partial charge >= 0.3 is 0 Å². The molecular formula is C19H15F3N2O2S. The quantitative estimate of drug-likeness (QED) is 0.635. The Hall–Kier alpha value is -2.87. The van der Waals surface area contributed by atoms with Gasteiger partial charge in [0.1, 0.15) is 5.75 Å². The van der Waals surface area contributed by atoms with Crippen molar-refractivity contribution in [2.75, 3.05) is 12.4 Å². The molecule has 0 aliphatic heterocycles. The number of rotatable bonds is 6. The number of anilines is 1. The molecule has 1 N–H and O–H groups in total. The Labute approximate surface area is 157 Å². The number of ether oxygens (including phenoxy) is 1. The van der Waals surface area contributed by atoms with E-state index in [1.54, 1.807) is 31.4 Å². The molecule has 0 atom stereocenters. The summed E-state index contributed by atoms with van der Waals surface area (Å²) in [6.45, 7) is 0. The fourth-order valence-electron chi connectivity index (χ4n) is 2.47. The third-order valence-corrected chi connectivity index (χ3v) is 4.69. The van der Waals surface area contributed by atoms with Crippen molar-refractivity contribution in [3.8, 4) is 5.75 Å². The number of hydrogen-bond acceptors (Lipinski definition) is 4. The predicted octanol–water partition coefficient (Wildman–Crippen LogP) is 4.34. The summed E-state index contributed by atoms with van der Waals surface area (Å²) in [4.78, 5) is 16.8. The van der Waals surface area contributed by atoms with E-state index in [9.17, 15) is 18.0 Å². The number of amides is 1. The molecule has 3 aromatic rings. The van der Waals surface area contributed by atoms with Gasteiger partial charge in [0, 0.05) is 17.5 Å². The third kappa shape index (κ3) is 4.65. The van der Waals surface area contributed by atoms with Gasteiger partial charge in [0.15, 0.2) is 22.6 Å². The number of nitrogens with zero attached hydrogens (tertiary/aromatic N) is 1. The predicted molar refractivity (Wildman–Crippen MR) is 96.6 cm³/mol. The standard InChI is InChI=1S/C19H15F3N2O2S/c1-26-13-4-2-3-11(7-13)8-16(25)24-19-23-10-14(27-19)9-12-5-6-15(20)18(22)17(12)21/h2-7,10H,8-9H2,1H3,(H,23,24,25). The van der Waals surface area contributed by atoms with Crippen molar-refractivity contribution in [3.05, 3.63) is 76.1 Å². The molecule has 4 nitrogen and oxygen atoms in total. The first-order valence-corrected chi connectivity index (χ1v) is 8.77. The molecule has 0 aliphatic carbocycles. The van der Waals surface area contributed by atoms with Gasteiger partial charge in [-0.05, 0) is 29.3 Å². The number of hydrogen-bond donors (Lipinski definition) is 1. The van der Waals surface area contributed by atoms with E-state index in [2.05, 4.69) is 10.3 Å². The van der Waals surface area contributed by atoms with Gasteiger partial charge in [0.05, 0.1) is 13.5 Å². The summed E-state index contributed by atoms with van der Waals surface area (Å²) in [6.07, 6.45) is 1.66. The molecule has 0 saturated heterocycles. The number of nitrogens with one attached hydrogen (secondary N) is 1. The van der Waals surface area contributed by atoms with Crippen LogP contribution in [-0.2, 0) is 17.6 Å². The van der Waals surface area contributed by atoms with E-state index in [-0.39, 0.29) is 24.3 Å². The fraction of sp³-hybridized carbons (Fsp3) is 0.158. The summed E-state index contributed by atoms with van der Waals surface area (Å²) in [5, 5.41) is 3.02. The van der Waals surface area contributed by atoms with Crippen molar-refractivity contribution in [2.24, 2.45) is 0 Å². The van der Waals surface area contributed by atoms with Crippen molar-refractivity contribution in [3.63, 3.8) is 0 Å². The van der Waals surface area contributed by atoms with E-state index in [1.165, 1.54) is 12.3 Å². The molecular weight excluding hydrogens is 377 g/mol. The molecule has 1 aromatic heterocycles. The highest BCUT2D eigenvalue weighted by Crippen LogP contribution is 2.24. The van der Waals surface area contributed by atoms with E-state index >= 15 is 0 Å². The lowest BCUT2D eigenvalue weighted by Gasteiger charge is -2.04. The van der Waals surface area contributed by atoms with Crippen molar-refractivity contribution in [1.29, 1.82) is 0 Å². The lowest BCUT2D eigenvalue weighted by atomic mass is 10.1. The summed E-state index contributed by atoms with van der Waals surface area (Å²) < 4.78 is 45.2. The van der Waals surface area contributed by atoms with Crippen LogP contribution in [0.2, 0.25) is 0 Å². The Bertz CT molecular complexity index is 975. The minimum atomic E-state index is -1.50. The number of carbonyl (C=O) groups is 1. The first-order chi connectivity index (χ1) is 13.0. The van der Waals surface area contributed by atoms with E-state index in [1.807, 2.05) is 0 Å². The number of halogens is 3. The van der Waals surface area contributed by atoms with Crippen LogP contribution < -0.4 is 10.1 Å². The van der Waals surface area contributed by atoms with Gasteiger partial charge in [-0.15, -0.1) is 11.3 Å². The van der Waals surface area contributed by atoms with Crippen LogP contribution in [0.1, 0.15) is 16.0 Å². The molecule has 0 spiro atoms. The Morgan fingerprint density at radius 3 is 2.78 bits per heavy atom. The molecule has 27 heavy (non-hydrogen) atoms. The van der Waals surface area contributed by atoms with E-state index in [4.69, 9.17) is 4.74 Å². The molecule has 2 aromatic carbocycles. The number of benzene rings is 2. The number of thiazole rings is 1. The van der Waals surface area contributed by atoms with Crippen LogP contribution in [0.15, 0.2) is 42.6 Å². The fourth-order valence-corrected chi connectivity index (χ4v) is 3.32. The van der Waals surface area contributed by atoms with Crippen LogP contribution in [0.5, 0.6) is 5.75 Å². The second kappa shape index (κ2) is 8.22. The summed E-state index contributed by atoms with van der Waals surface area (Å²) in [5.74, 6) is -3.55. The van der Waals surface area contributed by atoms with Crippen LogP contribution in [-0.4, -0.2) is 18.0 Å². The largest absolute Gasteiger partial charge is 0.497 e. The zero-order valence-corrected chi connectivity index (χ0v) is 15.1. The van der Waals surface area contributed by atoms with Crippen molar-refractivity contribution in [2.45, 2.75) is 12.8 Å². The highest BCUT2D eigenvalue weighted by atomic mass is 32.1. The van der Waals surface area contributed by atoms with Crippen LogP contribution in [0.4, 0.5) is 18.3 Å². The molecule has 1 heterocycles. The lowest BCUT2D eigenvalue weighted by Crippen LogP contribution is -2.14. The van der Waals surface area contributed by atoms with Crippen molar-refractivity contribution < 1.29 is 22.7 Å². The molecule has 3 rings (SSSR count). The first-order valence-electron chi connectivity index (χ1n) is 7.96. The summed E-state index contributed by atoms with van der Waals surface area (Å²) in [6, 6.07) is 9.21. The maximum atomic E-state index is 13.8. The molecule has 0 unspecified atom stereocenters. The number of carbonyl (C=O) groups excluding carboxylic acids is 1. The Kier molecular flexibility index (Phi) is 5.75. The van der Waals surface area contributed by atoms with Gasteiger partial charge in [0.25, 0.3) is 0 Å². The number of aromatic nitrogens is 1. The average molecular weight is 392 g/mol. The second-order valence-electron chi connectivity index (χ2n) is 5.72. The van der Waals surface area contributed by atoms with Crippen LogP contribution in [0.25, 0.3) is 0 Å². The normalized spacial score (nSPS) is 10.7. The highest BCUT2D eigenvalue weighted by Gasteiger charge is 2.15. The summed E-state index contributed by atoms with van der Waals surface area (Å²) in [7, 11) is 1.55. The van der Waals surface area contributed by atoms with E-state index in [0.717, 1.165) is 23.0 Å². The van der Waals surface area contributed by atoms with Gasteiger partial charge in [-0.3, -0.25) is 4.79 Å². The molecule has 1 amide bonds. The monoisotopic (exact) mass is 392 g/mol. The molecule has 0 saturated carbocycles. The summed E-state index contributed by atoms with van der Waals surface area (Å²) in [5.41, 5.74) is 0.805. The zero-order chi connectivity index (χ0) is 19.4. The van der Waals surface area contributed by atoms with E-state index < -0.39 is 17.5 Å². The molecule has 0 radical (unpaired) electrons. The third-order valence-electron chi connectivity index (χ3n) is 3.78. The van der Waals surface area contributed by atoms with Gasteiger partial charge in [-0.25, -0.2) is 18.2 Å². The van der Waals surface area contributed by atoms with Crippen molar-refractivity contribution >= 4 is 22.4 Å². The Morgan fingerprint density at radius 1 is 1.19 bits per heavy atom. The van der Waals surface area contributed by atoms with Gasteiger partial charge in [-0.1, -0.05) is 18.2 Å². The maximum Gasteiger partial charge on any atom is 0.230 e. The van der Waals surface area contributed by atoms with Crippen molar-refractivity contribution in [1.82, 2.24) is 4.98 Å². The first kappa shape index (κ1) is 18.9. The SMILES string of the molecule is COc1cccc(CC(=O)Nc2ncc(Cc3ccc(F)c(F)c3F)s2)c1. The molecule has 0 fully saturated rings. The Morgan fingerprint density at radius 2 is 2.00 bits per heavy atom. The second-order valence-corrected chi connectivity index (χ2v) is 6.83. The van der Waals surface area contributed by atoms with Gasteiger partial charge in [0.2, 0.25) is 5.91 Å². The maximum absolute atomic E-state index is 13.8. The van der Waals surface area contributed by atoms with Crippen LogP contribution >= 0.6 is 11.3 Å². The van der Waals surface area contributed by atoms with Gasteiger partial charge < -0.3 is 10.1 Å². The topological polar surface area (TPSA) is 51.2 Å². The molecule has 0 bridgehead atoms. The smallest absolute Gasteiger partial charge is 0.230 e. The Balaban J connectivity index is 1.64. The minimum Gasteiger partial charge on any atom is -0.497 e. The number of methoxy groups -OCH3 is 1. The minimum absolute atomic E-state index is 0.0202. The summed E-state index contributed by atoms with van der Waals surface area (Å²) >= 11 is 1.14. The molecule has 0 aliphatic rings. The molecule has 8 heteroatoms. The highest BCUT2D eigenvalue weighted by molar-refractivity contribution is 7.15. The molecule has 140 valence electrons. The van der Waals surface area contributed by atoms with E-state index in [0.29, 0.717) is 15.8 Å². The average Bonchev–Trinajstić information content (AvgIpc) is 3.09. The van der Waals surface area contributed by atoms with Gasteiger partial charge in [-0.2, -0.15) is 0 Å². The van der Waals surface area contributed by atoms with Crippen LogP contribution in [0.3, 0.4) is 0 Å². The van der Waals surface area contributed by atoms with Crippen LogP contribution in [0, 0.1) is 17.5 Å². The zero-order valence-electron chi connectivity index (χ0n) is 14.3. The lowest BCUT2D eigenvalue weighted by molar-refractivity contribution is -0.115.